The van der Waals surface area contributed by atoms with Crippen LogP contribution in [-0.2, 0) is 9.59 Å². The van der Waals surface area contributed by atoms with Gasteiger partial charge in [-0.05, 0) is 60.8 Å². The Kier molecular flexibility index (Phi) is 8.20. The molecule has 4 N–H and O–H groups in total. The van der Waals surface area contributed by atoms with Gasteiger partial charge in [-0.15, -0.1) is 0 Å². The minimum atomic E-state index is -2.27. The highest BCUT2D eigenvalue weighted by Crippen LogP contribution is 2.35. The number of carboxylic acids is 2. The molecule has 38 heavy (non-hydrogen) atoms. The van der Waals surface area contributed by atoms with Gasteiger partial charge in [-0.25, -0.2) is 9.59 Å². The molecule has 200 valence electrons. The summed E-state index contributed by atoms with van der Waals surface area (Å²) in [5.41, 5.74) is 4.30. The molecule has 0 aliphatic carbocycles. The van der Waals surface area contributed by atoms with Crippen molar-refractivity contribution in [2.45, 2.75) is 24.7 Å². The van der Waals surface area contributed by atoms with Crippen molar-refractivity contribution < 1.29 is 30.0 Å². The van der Waals surface area contributed by atoms with Crippen LogP contribution in [0.5, 0.6) is 0 Å². The van der Waals surface area contributed by atoms with Crippen LogP contribution in [0.25, 0.3) is 16.8 Å². The molecule has 1 aromatic heterocycles. The largest absolute Gasteiger partial charge is 0.479 e. The van der Waals surface area contributed by atoms with Crippen molar-refractivity contribution in [3.63, 3.8) is 0 Å². The van der Waals surface area contributed by atoms with Gasteiger partial charge >= 0.3 is 11.9 Å². The molecule has 2 saturated heterocycles. The lowest BCUT2D eigenvalue weighted by molar-refractivity contribution is -0.165. The van der Waals surface area contributed by atoms with Crippen molar-refractivity contribution in [1.82, 2.24) is 14.7 Å². The lowest BCUT2D eigenvalue weighted by Crippen LogP contribution is -2.39. The molecule has 5 rings (SSSR count). The van der Waals surface area contributed by atoms with Gasteiger partial charge in [0, 0.05) is 43.6 Å². The van der Waals surface area contributed by atoms with E-state index >= 15 is 0 Å². The Bertz CT molecular complexity index is 1310. The summed E-state index contributed by atoms with van der Waals surface area (Å²) in [6.45, 7) is 3.56. The van der Waals surface area contributed by atoms with Crippen LogP contribution < -0.4 is 10.5 Å². The van der Waals surface area contributed by atoms with Crippen molar-refractivity contribution in [3.8, 4) is 16.8 Å². The number of fused-ring (bicyclic) bond motifs is 1. The molecule has 0 amide bonds. The topological polar surface area (TPSA) is 156 Å². The normalized spacial score (nSPS) is 20.2. The van der Waals surface area contributed by atoms with E-state index in [0.29, 0.717) is 6.04 Å². The summed E-state index contributed by atoms with van der Waals surface area (Å²) in [6, 6.07) is 20.7. The van der Waals surface area contributed by atoms with Crippen LogP contribution in [0.15, 0.2) is 71.7 Å². The summed E-state index contributed by atoms with van der Waals surface area (Å²) < 4.78 is 1.41. The van der Waals surface area contributed by atoms with Crippen LogP contribution in [0, 0.1) is 5.92 Å². The zero-order valence-electron chi connectivity index (χ0n) is 20.8. The zero-order chi connectivity index (χ0) is 27.4. The summed E-state index contributed by atoms with van der Waals surface area (Å²) in [5, 5.41) is 36.7. The molecule has 0 radical (unpaired) electrons. The van der Waals surface area contributed by atoms with Gasteiger partial charge in [-0.2, -0.15) is 9.78 Å². The first kappa shape index (κ1) is 27.0. The van der Waals surface area contributed by atoms with Crippen LogP contribution in [0.1, 0.15) is 6.42 Å². The molecule has 11 nitrogen and oxygen atoms in total. The number of anilines is 1. The molecule has 2 aromatic carbocycles. The zero-order valence-corrected chi connectivity index (χ0v) is 20.8. The molecule has 0 spiro atoms. The predicted molar refractivity (Wildman–Crippen MR) is 139 cm³/mol. The molecule has 2 aliphatic rings. The van der Waals surface area contributed by atoms with Crippen molar-refractivity contribution in [3.05, 3.63) is 77.2 Å². The Morgan fingerprint density at radius 3 is 1.95 bits per heavy atom. The van der Waals surface area contributed by atoms with Crippen molar-refractivity contribution in [2.75, 3.05) is 31.6 Å². The van der Waals surface area contributed by atoms with Crippen LogP contribution >= 0.6 is 0 Å². The first-order chi connectivity index (χ1) is 18.2. The Labute approximate surface area is 218 Å². The number of nitrogens with zero attached hydrogens (tertiary/aromatic N) is 4. The van der Waals surface area contributed by atoms with Gasteiger partial charge in [-0.1, -0.05) is 24.3 Å². The van der Waals surface area contributed by atoms with E-state index in [1.165, 1.54) is 41.5 Å². The van der Waals surface area contributed by atoms with Gasteiger partial charge < -0.3 is 30.2 Å². The molecule has 3 heterocycles. The number of likely N-dealkylation sites (N-methyl/N-ethyl adjacent to an activating group) is 1. The van der Waals surface area contributed by atoms with Crippen LogP contribution in [-0.4, -0.2) is 92.0 Å². The molecular weight excluding hydrogens is 492 g/mol. The average molecular weight is 523 g/mol. The number of aliphatic hydroxyl groups excluding tert-OH is 2. The van der Waals surface area contributed by atoms with Crippen molar-refractivity contribution in [2.24, 2.45) is 5.92 Å². The number of carbonyl (C=O) groups is 2. The summed E-state index contributed by atoms with van der Waals surface area (Å²) in [5.74, 6) is -2.72. The Morgan fingerprint density at radius 2 is 1.42 bits per heavy atom. The second-order valence-electron chi connectivity index (χ2n) is 9.46. The number of benzene rings is 2. The van der Waals surface area contributed by atoms with E-state index in [4.69, 9.17) is 20.4 Å². The van der Waals surface area contributed by atoms with Gasteiger partial charge in [0.2, 0.25) is 0 Å². The highest BCUT2D eigenvalue weighted by molar-refractivity contribution is 5.83. The molecule has 11 heteroatoms. The highest BCUT2D eigenvalue weighted by Gasteiger charge is 2.39. The third-order valence-electron chi connectivity index (χ3n) is 6.90. The molecule has 0 unspecified atom stereocenters. The minimum Gasteiger partial charge on any atom is -0.479 e. The monoisotopic (exact) mass is 522 g/mol. The predicted octanol–water partition coefficient (Wildman–Crippen LogP) is 0.917. The first-order valence-corrected chi connectivity index (χ1v) is 12.2. The number of aromatic nitrogens is 2. The van der Waals surface area contributed by atoms with E-state index in [1.54, 1.807) is 12.3 Å². The van der Waals surface area contributed by atoms with E-state index < -0.39 is 24.1 Å². The Hall–Kier alpha value is -4.06. The molecule has 2 fully saturated rings. The number of aliphatic carboxylic acids is 2. The van der Waals surface area contributed by atoms with Crippen molar-refractivity contribution >= 4 is 17.6 Å². The van der Waals surface area contributed by atoms with Crippen LogP contribution in [0.4, 0.5) is 5.69 Å². The fourth-order valence-corrected chi connectivity index (χ4v) is 4.96. The maximum absolute atomic E-state index is 11.9. The molecule has 2 aliphatic heterocycles. The van der Waals surface area contributed by atoms with Gasteiger partial charge in [0.15, 0.2) is 12.2 Å². The first-order valence-electron chi connectivity index (χ1n) is 12.2. The Morgan fingerprint density at radius 1 is 0.868 bits per heavy atom. The molecule has 4 atom stereocenters. The molecule has 3 aromatic rings. The second-order valence-corrected chi connectivity index (χ2v) is 9.46. The smallest absolute Gasteiger partial charge is 0.335 e. The number of hydrogen-bond donors (Lipinski definition) is 4. The van der Waals surface area contributed by atoms with E-state index in [0.717, 1.165) is 23.7 Å². The Balaban J connectivity index is 0.000000289. The van der Waals surface area contributed by atoms with Gasteiger partial charge in [-0.3, -0.25) is 4.79 Å². The standard InChI is InChI=1S/C23H24N4O.C4H6O6/c1-25-15-19-12-14-26(22(19)16-25)20-8-4-17(5-9-20)18-6-10-21(11-7-18)27-23(28)3-2-13-24-27;5-1(3(7)8)2(6)4(9)10/h2-11,13,19,22H,12,14-16H2,1H3;1-2,5-6H,(H,7,8)(H,9,10)/t19-,22+;1-,2-/m11/s1. The highest BCUT2D eigenvalue weighted by atomic mass is 16.4. The quantitative estimate of drug-likeness (QED) is 0.367. The van der Waals surface area contributed by atoms with Gasteiger partial charge in [0.05, 0.1) is 5.69 Å². The van der Waals surface area contributed by atoms with Crippen LogP contribution in [0.2, 0.25) is 0 Å². The minimum absolute atomic E-state index is 0.124. The van der Waals surface area contributed by atoms with E-state index in [9.17, 15) is 14.4 Å². The third kappa shape index (κ3) is 5.91. The van der Waals surface area contributed by atoms with Crippen LogP contribution in [0.3, 0.4) is 0 Å². The fraction of sp³-hybridized carbons (Fsp3) is 0.333. The van der Waals surface area contributed by atoms with E-state index in [-0.39, 0.29) is 5.56 Å². The number of hydrogen-bond acceptors (Lipinski definition) is 8. The lowest BCUT2D eigenvalue weighted by atomic mass is 10.0. The number of rotatable bonds is 6. The summed E-state index contributed by atoms with van der Waals surface area (Å²) in [6.07, 6.45) is -1.61. The summed E-state index contributed by atoms with van der Waals surface area (Å²) >= 11 is 0. The molecule has 0 saturated carbocycles. The molecular formula is C27H30N4O7. The van der Waals surface area contributed by atoms with E-state index in [2.05, 4.69) is 46.2 Å². The lowest BCUT2D eigenvalue weighted by Gasteiger charge is -2.26. The SMILES string of the molecule is CN1C[C@H]2CCN(c3ccc(-c4ccc(-n5ncccc5=O)cc4)cc3)[C@H]2C1.O=C(O)[C@H](O)[C@@H](O)C(=O)O. The van der Waals surface area contributed by atoms with Gasteiger partial charge in [0.25, 0.3) is 5.56 Å². The third-order valence-corrected chi connectivity index (χ3v) is 6.90. The fourth-order valence-electron chi connectivity index (χ4n) is 4.96. The summed E-state index contributed by atoms with van der Waals surface area (Å²) in [4.78, 5) is 36.5. The maximum Gasteiger partial charge on any atom is 0.335 e. The number of likely N-dealkylation sites (tertiary alicyclic amines) is 1. The maximum atomic E-state index is 11.9. The van der Waals surface area contributed by atoms with E-state index in [1.807, 2.05) is 24.3 Å². The summed E-state index contributed by atoms with van der Waals surface area (Å²) in [7, 11) is 2.22. The number of aliphatic hydroxyl groups is 2. The van der Waals surface area contributed by atoms with Crippen molar-refractivity contribution in [1.29, 1.82) is 0 Å². The van der Waals surface area contributed by atoms with Gasteiger partial charge in [0.1, 0.15) is 0 Å². The number of carboxylic acid groups (broad SMARTS) is 2. The molecule has 0 bridgehead atoms. The average Bonchev–Trinajstić information content (AvgIpc) is 3.47. The second kappa shape index (κ2) is 11.5.